The van der Waals surface area contributed by atoms with Gasteiger partial charge in [0.25, 0.3) is 0 Å². The highest BCUT2D eigenvalue weighted by molar-refractivity contribution is 5.09. The van der Waals surface area contributed by atoms with Gasteiger partial charge in [-0.1, -0.05) is 5.16 Å². The summed E-state index contributed by atoms with van der Waals surface area (Å²) in [6.45, 7) is 3.53. The molecule has 0 bridgehead atoms. The molecule has 0 radical (unpaired) electrons. The number of nitrogens with one attached hydrogen (secondary N) is 1. The summed E-state index contributed by atoms with van der Waals surface area (Å²) in [5.74, 6) is 1.39. The first kappa shape index (κ1) is 10.9. The standard InChI is InChI=1S/C11H16N4O/c1-9-13-11(14-16-9)3-5-12-7-10-4-6-15(2)8-10/h4,6,8,12H,3,5,7H2,1-2H3. The average Bonchev–Trinajstić information content (AvgIpc) is 2.83. The topological polar surface area (TPSA) is 55.9 Å². The summed E-state index contributed by atoms with van der Waals surface area (Å²) in [5, 5.41) is 7.17. The number of aromatic nitrogens is 3. The molecule has 0 fully saturated rings. The molecular formula is C11H16N4O. The van der Waals surface area contributed by atoms with Crippen molar-refractivity contribution >= 4 is 0 Å². The van der Waals surface area contributed by atoms with Crippen LogP contribution in [0.4, 0.5) is 0 Å². The van der Waals surface area contributed by atoms with E-state index in [0.717, 1.165) is 25.3 Å². The van der Waals surface area contributed by atoms with Crippen LogP contribution in [-0.2, 0) is 20.0 Å². The highest BCUT2D eigenvalue weighted by Crippen LogP contribution is 1.99. The summed E-state index contributed by atoms with van der Waals surface area (Å²) < 4.78 is 6.93. The Kier molecular flexibility index (Phi) is 3.36. The van der Waals surface area contributed by atoms with Crippen LogP contribution >= 0.6 is 0 Å². The van der Waals surface area contributed by atoms with E-state index >= 15 is 0 Å². The van der Waals surface area contributed by atoms with E-state index in [-0.39, 0.29) is 0 Å². The Morgan fingerprint density at radius 2 is 2.38 bits per heavy atom. The van der Waals surface area contributed by atoms with Gasteiger partial charge in [-0.2, -0.15) is 4.98 Å². The molecule has 0 saturated heterocycles. The van der Waals surface area contributed by atoms with Crippen LogP contribution < -0.4 is 5.32 Å². The quantitative estimate of drug-likeness (QED) is 0.765. The van der Waals surface area contributed by atoms with Crippen LogP contribution in [0.3, 0.4) is 0 Å². The normalized spacial score (nSPS) is 10.9. The van der Waals surface area contributed by atoms with E-state index in [1.165, 1.54) is 5.56 Å². The minimum absolute atomic E-state index is 0.623. The third-order valence-electron chi connectivity index (χ3n) is 2.32. The molecule has 0 aliphatic carbocycles. The minimum Gasteiger partial charge on any atom is -0.357 e. The average molecular weight is 220 g/mol. The summed E-state index contributed by atoms with van der Waals surface area (Å²) in [6.07, 6.45) is 4.94. The number of hydrogen-bond donors (Lipinski definition) is 1. The van der Waals surface area contributed by atoms with Gasteiger partial charge in [0.1, 0.15) is 0 Å². The maximum Gasteiger partial charge on any atom is 0.223 e. The van der Waals surface area contributed by atoms with Crippen molar-refractivity contribution in [1.29, 1.82) is 0 Å². The SMILES string of the molecule is Cc1nc(CCNCc2ccn(C)c2)no1. The Balaban J connectivity index is 1.69. The first-order chi connectivity index (χ1) is 7.74. The summed E-state index contributed by atoms with van der Waals surface area (Å²) >= 11 is 0. The van der Waals surface area contributed by atoms with Crippen molar-refractivity contribution < 1.29 is 4.52 Å². The van der Waals surface area contributed by atoms with Crippen molar-refractivity contribution in [1.82, 2.24) is 20.0 Å². The largest absolute Gasteiger partial charge is 0.357 e. The zero-order valence-corrected chi connectivity index (χ0v) is 9.60. The molecule has 1 N–H and O–H groups in total. The van der Waals surface area contributed by atoms with Gasteiger partial charge in [0.05, 0.1) is 0 Å². The van der Waals surface area contributed by atoms with Gasteiger partial charge >= 0.3 is 0 Å². The molecule has 86 valence electrons. The van der Waals surface area contributed by atoms with E-state index in [0.29, 0.717) is 5.89 Å². The second kappa shape index (κ2) is 4.94. The molecule has 0 unspecified atom stereocenters. The van der Waals surface area contributed by atoms with Crippen molar-refractivity contribution in [2.45, 2.75) is 19.9 Å². The number of aryl methyl sites for hydroxylation is 2. The molecule has 5 heteroatoms. The maximum atomic E-state index is 4.89. The Labute approximate surface area is 94.5 Å². The third kappa shape index (κ3) is 2.93. The maximum absolute atomic E-state index is 4.89. The van der Waals surface area contributed by atoms with E-state index in [2.05, 4.69) is 27.7 Å². The van der Waals surface area contributed by atoms with E-state index in [1.54, 1.807) is 6.92 Å². The van der Waals surface area contributed by atoms with E-state index in [9.17, 15) is 0 Å². The van der Waals surface area contributed by atoms with Gasteiger partial charge in [0.15, 0.2) is 5.82 Å². The lowest BCUT2D eigenvalue weighted by Gasteiger charge is -2.00. The van der Waals surface area contributed by atoms with Gasteiger partial charge in [-0.3, -0.25) is 0 Å². The van der Waals surface area contributed by atoms with Crippen LogP contribution in [-0.4, -0.2) is 21.3 Å². The van der Waals surface area contributed by atoms with Gasteiger partial charge in [0.2, 0.25) is 5.89 Å². The van der Waals surface area contributed by atoms with Crippen LogP contribution in [0, 0.1) is 6.92 Å². The summed E-state index contributed by atoms with van der Waals surface area (Å²) in [5.41, 5.74) is 1.28. The van der Waals surface area contributed by atoms with Gasteiger partial charge in [-0.05, 0) is 11.6 Å². The Morgan fingerprint density at radius 1 is 1.50 bits per heavy atom. The van der Waals surface area contributed by atoms with Gasteiger partial charge in [-0.25, -0.2) is 0 Å². The Hall–Kier alpha value is -1.62. The van der Waals surface area contributed by atoms with Crippen molar-refractivity contribution in [2.24, 2.45) is 7.05 Å². The molecule has 2 heterocycles. The molecule has 0 aliphatic rings. The monoisotopic (exact) mass is 220 g/mol. The Bertz CT molecular complexity index is 404. The van der Waals surface area contributed by atoms with Gasteiger partial charge < -0.3 is 14.4 Å². The fraction of sp³-hybridized carbons (Fsp3) is 0.455. The first-order valence-corrected chi connectivity index (χ1v) is 5.35. The fourth-order valence-electron chi connectivity index (χ4n) is 1.54. The zero-order valence-electron chi connectivity index (χ0n) is 9.60. The lowest BCUT2D eigenvalue weighted by Crippen LogP contribution is -2.16. The summed E-state index contributed by atoms with van der Waals surface area (Å²) in [7, 11) is 2.02. The molecule has 2 aromatic heterocycles. The molecule has 2 rings (SSSR count). The van der Waals surface area contributed by atoms with E-state index in [1.807, 2.05) is 17.8 Å². The highest BCUT2D eigenvalue weighted by Gasteiger charge is 2.01. The predicted molar refractivity (Wildman–Crippen MR) is 59.9 cm³/mol. The molecular weight excluding hydrogens is 204 g/mol. The van der Waals surface area contributed by atoms with Crippen LogP contribution in [0.25, 0.3) is 0 Å². The molecule has 0 saturated carbocycles. The van der Waals surface area contributed by atoms with E-state index < -0.39 is 0 Å². The van der Waals surface area contributed by atoms with Gasteiger partial charge in [-0.15, -0.1) is 0 Å². The van der Waals surface area contributed by atoms with Gasteiger partial charge in [0, 0.05) is 45.9 Å². The summed E-state index contributed by atoms with van der Waals surface area (Å²) in [6, 6.07) is 2.10. The Morgan fingerprint density at radius 3 is 3.00 bits per heavy atom. The van der Waals surface area contributed by atoms with Crippen molar-refractivity contribution in [3.8, 4) is 0 Å². The molecule has 0 atom stereocenters. The fourth-order valence-corrected chi connectivity index (χ4v) is 1.54. The minimum atomic E-state index is 0.623. The molecule has 0 aliphatic heterocycles. The molecule has 0 spiro atoms. The number of hydrogen-bond acceptors (Lipinski definition) is 4. The van der Waals surface area contributed by atoms with Crippen LogP contribution in [0.15, 0.2) is 23.0 Å². The van der Waals surface area contributed by atoms with Crippen LogP contribution in [0.1, 0.15) is 17.3 Å². The molecule has 2 aromatic rings. The highest BCUT2D eigenvalue weighted by atomic mass is 16.5. The second-order valence-corrected chi connectivity index (χ2v) is 3.84. The number of nitrogens with zero attached hydrogens (tertiary/aromatic N) is 3. The van der Waals surface area contributed by atoms with Crippen molar-refractivity contribution in [3.05, 3.63) is 35.7 Å². The lowest BCUT2D eigenvalue weighted by molar-refractivity contribution is 0.387. The van der Waals surface area contributed by atoms with Crippen molar-refractivity contribution in [2.75, 3.05) is 6.54 Å². The van der Waals surface area contributed by atoms with Crippen LogP contribution in [0.2, 0.25) is 0 Å². The smallest absolute Gasteiger partial charge is 0.223 e. The van der Waals surface area contributed by atoms with Crippen molar-refractivity contribution in [3.63, 3.8) is 0 Å². The second-order valence-electron chi connectivity index (χ2n) is 3.84. The lowest BCUT2D eigenvalue weighted by atomic mass is 10.3. The molecule has 16 heavy (non-hydrogen) atoms. The number of rotatable bonds is 5. The zero-order chi connectivity index (χ0) is 11.4. The third-order valence-corrected chi connectivity index (χ3v) is 2.32. The predicted octanol–water partition coefficient (Wildman–Crippen LogP) is 1.05. The van der Waals surface area contributed by atoms with Crippen LogP contribution in [0.5, 0.6) is 0 Å². The first-order valence-electron chi connectivity index (χ1n) is 5.35. The molecule has 0 aromatic carbocycles. The molecule has 5 nitrogen and oxygen atoms in total. The molecule has 0 amide bonds. The van der Waals surface area contributed by atoms with E-state index in [4.69, 9.17) is 4.52 Å². The summed E-state index contributed by atoms with van der Waals surface area (Å²) in [4.78, 5) is 4.14.